The van der Waals surface area contributed by atoms with Crippen LogP contribution in [0.4, 0.5) is 0 Å². The second-order valence-corrected chi connectivity index (χ2v) is 11.0. The fourth-order valence-corrected chi connectivity index (χ4v) is 4.82. The number of likely N-dealkylation sites (tertiary alicyclic amines) is 1. The highest BCUT2D eigenvalue weighted by Gasteiger charge is 2.40. The van der Waals surface area contributed by atoms with Gasteiger partial charge in [-0.3, -0.25) is 19.2 Å². The van der Waals surface area contributed by atoms with Crippen LogP contribution in [-0.4, -0.2) is 70.5 Å². The van der Waals surface area contributed by atoms with Crippen LogP contribution in [-0.2, 0) is 32.0 Å². The first-order valence-corrected chi connectivity index (χ1v) is 13.7. The monoisotopic (exact) mass is 551 g/mol. The SMILES string of the molecule is CC(C)C[C@@H](NC(=O)[C@@H](Cc1ccccc1)NC(=O)[C@H](N)Cc1ccccc1)C(=O)N1CCC(N)(C(=O)O)CC1. The zero-order valence-electron chi connectivity index (χ0n) is 23.2. The molecule has 1 saturated heterocycles. The lowest BCUT2D eigenvalue weighted by atomic mass is 9.88. The molecule has 1 fully saturated rings. The summed E-state index contributed by atoms with van der Waals surface area (Å²) in [5.41, 5.74) is 12.6. The van der Waals surface area contributed by atoms with Crippen LogP contribution in [0, 0.1) is 5.92 Å². The number of carboxylic acids is 1. The van der Waals surface area contributed by atoms with Gasteiger partial charge in [0.25, 0.3) is 0 Å². The summed E-state index contributed by atoms with van der Waals surface area (Å²) in [6, 6.07) is 16.0. The van der Waals surface area contributed by atoms with Crippen molar-refractivity contribution in [3.63, 3.8) is 0 Å². The molecular formula is C30H41N5O5. The number of hydrogen-bond acceptors (Lipinski definition) is 6. The Bertz CT molecular complexity index is 1150. The molecule has 0 spiro atoms. The van der Waals surface area contributed by atoms with E-state index in [9.17, 15) is 24.3 Å². The molecule has 0 radical (unpaired) electrons. The molecule has 0 bridgehead atoms. The summed E-state index contributed by atoms with van der Waals surface area (Å²) < 4.78 is 0. The van der Waals surface area contributed by atoms with E-state index in [0.717, 1.165) is 11.1 Å². The number of carbonyl (C=O) groups is 4. The van der Waals surface area contributed by atoms with Gasteiger partial charge in [0.1, 0.15) is 17.6 Å². The molecule has 3 amide bonds. The molecule has 2 aromatic carbocycles. The van der Waals surface area contributed by atoms with Crippen LogP contribution in [0.5, 0.6) is 0 Å². The van der Waals surface area contributed by atoms with Crippen LogP contribution in [0.25, 0.3) is 0 Å². The van der Waals surface area contributed by atoms with Crippen molar-refractivity contribution in [2.45, 2.75) is 69.6 Å². The Morgan fingerprint density at radius 2 is 1.35 bits per heavy atom. The molecule has 40 heavy (non-hydrogen) atoms. The summed E-state index contributed by atoms with van der Waals surface area (Å²) in [4.78, 5) is 53.2. The number of carbonyl (C=O) groups excluding carboxylic acids is 3. The average molecular weight is 552 g/mol. The van der Waals surface area contributed by atoms with Crippen molar-refractivity contribution in [3.05, 3.63) is 71.8 Å². The number of nitrogens with zero attached hydrogens (tertiary/aromatic N) is 1. The standard InChI is InChI=1S/C30H41N5O5/c1-20(2)17-25(28(38)35-15-13-30(32,14-16-35)29(39)40)34-27(37)24(19-22-11-7-4-8-12-22)33-26(36)23(31)18-21-9-5-3-6-10-21/h3-12,20,23-25H,13-19,31-32H2,1-2H3,(H,33,36)(H,34,37)(H,39,40)/t23-,24-,25-/m1/s1. The molecule has 216 valence electrons. The van der Waals surface area contributed by atoms with Gasteiger partial charge in [-0.1, -0.05) is 74.5 Å². The van der Waals surface area contributed by atoms with Crippen LogP contribution in [0.3, 0.4) is 0 Å². The minimum atomic E-state index is -1.36. The largest absolute Gasteiger partial charge is 0.480 e. The molecular weight excluding hydrogens is 510 g/mol. The van der Waals surface area contributed by atoms with Gasteiger partial charge in [-0.05, 0) is 42.7 Å². The van der Waals surface area contributed by atoms with E-state index in [1.54, 1.807) is 4.90 Å². The van der Waals surface area contributed by atoms with Gasteiger partial charge < -0.3 is 32.1 Å². The number of benzene rings is 2. The lowest BCUT2D eigenvalue weighted by molar-refractivity contribution is -0.148. The number of carboxylic acid groups (broad SMARTS) is 1. The summed E-state index contributed by atoms with van der Waals surface area (Å²) >= 11 is 0. The minimum Gasteiger partial charge on any atom is -0.480 e. The van der Waals surface area contributed by atoms with Crippen molar-refractivity contribution in [1.29, 1.82) is 0 Å². The maximum Gasteiger partial charge on any atom is 0.323 e. The molecule has 7 N–H and O–H groups in total. The number of amides is 3. The van der Waals surface area contributed by atoms with Gasteiger partial charge in [-0.25, -0.2) is 0 Å². The Hall–Kier alpha value is -3.76. The predicted molar refractivity (Wildman–Crippen MR) is 152 cm³/mol. The molecule has 0 aromatic heterocycles. The summed E-state index contributed by atoms with van der Waals surface area (Å²) in [6.07, 6.45) is 1.17. The number of nitrogens with one attached hydrogen (secondary N) is 2. The number of hydrogen-bond donors (Lipinski definition) is 5. The second-order valence-electron chi connectivity index (χ2n) is 11.0. The fourth-order valence-electron chi connectivity index (χ4n) is 4.82. The average Bonchev–Trinajstić information content (AvgIpc) is 2.93. The lowest BCUT2D eigenvalue weighted by Crippen LogP contribution is -2.60. The van der Waals surface area contributed by atoms with Gasteiger partial charge >= 0.3 is 5.97 Å². The third-order valence-corrected chi connectivity index (χ3v) is 7.27. The van der Waals surface area contributed by atoms with E-state index in [2.05, 4.69) is 10.6 Å². The smallest absolute Gasteiger partial charge is 0.323 e. The molecule has 3 rings (SSSR count). The highest BCUT2D eigenvalue weighted by atomic mass is 16.4. The highest BCUT2D eigenvalue weighted by Crippen LogP contribution is 2.21. The molecule has 0 saturated carbocycles. The minimum absolute atomic E-state index is 0.0909. The second kappa shape index (κ2) is 14.0. The van der Waals surface area contributed by atoms with E-state index < -0.39 is 41.4 Å². The van der Waals surface area contributed by atoms with Crippen molar-refractivity contribution >= 4 is 23.7 Å². The van der Waals surface area contributed by atoms with Gasteiger partial charge in [0.05, 0.1) is 6.04 Å². The van der Waals surface area contributed by atoms with Gasteiger partial charge in [-0.2, -0.15) is 0 Å². The molecule has 1 heterocycles. The van der Waals surface area contributed by atoms with Crippen LogP contribution in [0.1, 0.15) is 44.2 Å². The molecule has 1 aliphatic heterocycles. The summed E-state index contributed by atoms with van der Waals surface area (Å²) in [6.45, 7) is 4.27. The quantitative estimate of drug-likeness (QED) is 0.264. The highest BCUT2D eigenvalue weighted by molar-refractivity contribution is 5.93. The number of nitrogens with two attached hydrogens (primary N) is 2. The van der Waals surface area contributed by atoms with Crippen molar-refractivity contribution in [3.8, 4) is 0 Å². The van der Waals surface area contributed by atoms with Crippen molar-refractivity contribution < 1.29 is 24.3 Å². The first-order chi connectivity index (χ1) is 19.0. The molecule has 0 unspecified atom stereocenters. The van der Waals surface area contributed by atoms with Crippen LogP contribution >= 0.6 is 0 Å². The van der Waals surface area contributed by atoms with E-state index in [1.165, 1.54) is 0 Å². The van der Waals surface area contributed by atoms with E-state index >= 15 is 0 Å². The van der Waals surface area contributed by atoms with E-state index in [4.69, 9.17) is 11.5 Å². The maximum atomic E-state index is 13.6. The Morgan fingerprint density at radius 1 is 0.850 bits per heavy atom. The third-order valence-electron chi connectivity index (χ3n) is 7.27. The summed E-state index contributed by atoms with van der Waals surface area (Å²) in [5, 5.41) is 15.1. The lowest BCUT2D eigenvalue weighted by Gasteiger charge is -2.38. The molecule has 1 aliphatic rings. The van der Waals surface area contributed by atoms with E-state index in [1.807, 2.05) is 74.5 Å². The maximum absolute atomic E-state index is 13.6. The third kappa shape index (κ3) is 8.62. The first-order valence-electron chi connectivity index (χ1n) is 13.7. The van der Waals surface area contributed by atoms with Gasteiger partial charge in [0, 0.05) is 19.5 Å². The molecule has 3 atom stereocenters. The molecule has 10 nitrogen and oxygen atoms in total. The fraction of sp³-hybridized carbons (Fsp3) is 0.467. The van der Waals surface area contributed by atoms with Crippen LogP contribution < -0.4 is 22.1 Å². The Kier molecular flexibility index (Phi) is 10.8. The van der Waals surface area contributed by atoms with Crippen molar-refractivity contribution in [1.82, 2.24) is 15.5 Å². The number of rotatable bonds is 12. The van der Waals surface area contributed by atoms with Gasteiger partial charge in [-0.15, -0.1) is 0 Å². The van der Waals surface area contributed by atoms with Gasteiger partial charge in [0.2, 0.25) is 17.7 Å². The van der Waals surface area contributed by atoms with Crippen LogP contribution in [0.2, 0.25) is 0 Å². The van der Waals surface area contributed by atoms with Crippen LogP contribution in [0.15, 0.2) is 60.7 Å². The molecule has 2 aromatic rings. The summed E-state index contributed by atoms with van der Waals surface area (Å²) in [7, 11) is 0. The zero-order valence-corrected chi connectivity index (χ0v) is 23.2. The van der Waals surface area contributed by atoms with Crippen molar-refractivity contribution in [2.24, 2.45) is 17.4 Å². The summed E-state index contributed by atoms with van der Waals surface area (Å²) in [5.74, 6) is -2.24. The topological polar surface area (TPSA) is 168 Å². The normalized spacial score (nSPS) is 17.0. The Balaban J connectivity index is 1.73. The van der Waals surface area contributed by atoms with Crippen molar-refractivity contribution in [2.75, 3.05) is 13.1 Å². The first kappa shape index (κ1) is 30.8. The zero-order chi connectivity index (χ0) is 29.3. The number of aliphatic carboxylic acids is 1. The van der Waals surface area contributed by atoms with E-state index in [0.29, 0.717) is 12.8 Å². The predicted octanol–water partition coefficient (Wildman–Crippen LogP) is 1.22. The Morgan fingerprint density at radius 3 is 1.85 bits per heavy atom. The molecule has 10 heteroatoms. The Labute approximate surface area is 235 Å². The molecule has 0 aliphatic carbocycles. The number of piperidine rings is 1. The van der Waals surface area contributed by atoms with Gasteiger partial charge in [0.15, 0.2) is 0 Å². The van der Waals surface area contributed by atoms with E-state index in [-0.39, 0.29) is 44.2 Å².